The smallest absolute Gasteiger partial charge is 0.263 e. The highest BCUT2D eigenvalue weighted by atomic mass is 32.1. The van der Waals surface area contributed by atoms with Gasteiger partial charge in [0.05, 0.1) is 30.0 Å². The Bertz CT molecular complexity index is 1040. The number of alkyl halides is 2. The molecule has 0 aromatic carbocycles. The predicted molar refractivity (Wildman–Crippen MR) is 115 cm³/mol. The predicted octanol–water partition coefficient (Wildman–Crippen LogP) is 3.84. The molecule has 1 atom stereocenters. The van der Waals surface area contributed by atoms with Crippen molar-refractivity contribution < 1.29 is 22.4 Å². The van der Waals surface area contributed by atoms with Crippen molar-refractivity contribution in [2.24, 2.45) is 5.41 Å². The summed E-state index contributed by atoms with van der Waals surface area (Å²) in [5.74, 6) is -4.48. The lowest BCUT2D eigenvalue weighted by atomic mass is 9.91. The molecule has 1 N–H and O–H groups in total. The highest BCUT2D eigenvalue weighted by Gasteiger charge is 2.71. The number of nitrogens with one attached hydrogen (secondary N) is 1. The van der Waals surface area contributed by atoms with Crippen molar-refractivity contribution in [1.29, 1.82) is 0 Å². The topological polar surface area (TPSA) is 61.4 Å². The van der Waals surface area contributed by atoms with Gasteiger partial charge in [0.2, 0.25) is 0 Å². The van der Waals surface area contributed by atoms with Crippen LogP contribution in [0, 0.1) is 17.0 Å². The number of carbonyl (C=O) groups excluding carboxylic acids is 1. The molecule has 2 aromatic rings. The summed E-state index contributed by atoms with van der Waals surface area (Å²) >= 11 is 1.25. The lowest BCUT2D eigenvalue weighted by Gasteiger charge is -2.42. The number of anilines is 1. The average molecular weight is 484 g/mol. The van der Waals surface area contributed by atoms with Gasteiger partial charge in [-0.3, -0.25) is 14.7 Å². The van der Waals surface area contributed by atoms with Gasteiger partial charge in [-0.1, -0.05) is 11.3 Å². The summed E-state index contributed by atoms with van der Waals surface area (Å²) in [5, 5.41) is 3.31. The van der Waals surface area contributed by atoms with Crippen LogP contribution >= 0.6 is 11.3 Å². The van der Waals surface area contributed by atoms with Crippen molar-refractivity contribution >= 4 is 22.4 Å². The summed E-state index contributed by atoms with van der Waals surface area (Å²) in [5.41, 5.74) is -0.827. The minimum atomic E-state index is -2.50. The maximum absolute atomic E-state index is 13.8. The second-order valence-electron chi connectivity index (χ2n) is 9.23. The maximum atomic E-state index is 13.8. The van der Waals surface area contributed by atoms with E-state index in [0.29, 0.717) is 23.9 Å². The molecule has 5 rings (SSSR count). The van der Waals surface area contributed by atoms with Crippen molar-refractivity contribution in [1.82, 2.24) is 20.2 Å². The summed E-state index contributed by atoms with van der Waals surface area (Å²) in [6.45, 7) is 2.73. The molecular formula is C22H25F4N5OS. The van der Waals surface area contributed by atoms with Gasteiger partial charge in [0.1, 0.15) is 16.5 Å². The molecule has 1 unspecified atom stereocenters. The maximum Gasteiger partial charge on any atom is 0.263 e. The number of thiazole rings is 1. The van der Waals surface area contributed by atoms with Crippen molar-refractivity contribution in [2.45, 2.75) is 50.6 Å². The largest absolute Gasteiger partial charge is 0.348 e. The standard InChI is InChI=1S/C22H25F4N5OS/c23-14-8-16(24)17(27-9-14)10-28-19(32)18-11-29-20(33-18)30-6-2-15(3-7-30)31-5-1-4-21(13-31)12-22(21,25)26/h8-9,11,15H,1-7,10,12-13H2,(H,28,32). The van der Waals surface area contributed by atoms with Gasteiger partial charge in [-0.25, -0.2) is 22.5 Å². The molecule has 33 heavy (non-hydrogen) atoms. The van der Waals surface area contributed by atoms with E-state index in [-0.39, 0.29) is 18.7 Å². The molecule has 2 aromatic heterocycles. The van der Waals surface area contributed by atoms with Crippen LogP contribution in [0.25, 0.3) is 0 Å². The molecule has 0 bridgehead atoms. The second-order valence-corrected chi connectivity index (χ2v) is 10.2. The highest BCUT2D eigenvalue weighted by molar-refractivity contribution is 7.17. The molecule has 11 heteroatoms. The fourth-order valence-electron chi connectivity index (χ4n) is 5.07. The number of piperidine rings is 2. The summed E-state index contributed by atoms with van der Waals surface area (Å²) < 4.78 is 54.3. The van der Waals surface area contributed by atoms with Crippen LogP contribution in [0.1, 0.15) is 47.5 Å². The molecule has 0 radical (unpaired) electrons. The highest BCUT2D eigenvalue weighted by Crippen LogP contribution is 2.64. The first-order valence-corrected chi connectivity index (χ1v) is 12.0. The number of nitrogens with zero attached hydrogens (tertiary/aromatic N) is 4. The number of halogens is 4. The van der Waals surface area contributed by atoms with Gasteiger partial charge in [0.15, 0.2) is 5.13 Å². The van der Waals surface area contributed by atoms with Gasteiger partial charge < -0.3 is 10.2 Å². The van der Waals surface area contributed by atoms with Crippen LogP contribution in [0.5, 0.6) is 0 Å². The number of pyridine rings is 1. The van der Waals surface area contributed by atoms with Gasteiger partial charge in [-0.2, -0.15) is 0 Å². The number of amides is 1. The van der Waals surface area contributed by atoms with E-state index >= 15 is 0 Å². The van der Waals surface area contributed by atoms with E-state index in [9.17, 15) is 22.4 Å². The van der Waals surface area contributed by atoms with Crippen LogP contribution in [0.2, 0.25) is 0 Å². The first-order valence-electron chi connectivity index (χ1n) is 11.2. The SMILES string of the molecule is O=C(NCc1ncc(F)cc1F)c1cnc(N2CCC(N3CCCC4(C3)CC4(F)F)CC2)s1. The second kappa shape index (κ2) is 8.50. The van der Waals surface area contributed by atoms with Crippen molar-refractivity contribution in [3.8, 4) is 0 Å². The molecule has 4 heterocycles. The van der Waals surface area contributed by atoms with E-state index in [1.165, 1.54) is 17.5 Å². The van der Waals surface area contributed by atoms with Crippen molar-refractivity contribution in [3.63, 3.8) is 0 Å². The minimum Gasteiger partial charge on any atom is -0.348 e. The lowest BCUT2D eigenvalue weighted by molar-refractivity contribution is 0.00919. The summed E-state index contributed by atoms with van der Waals surface area (Å²) in [6.07, 6.45) is 5.62. The Morgan fingerprint density at radius 2 is 1.94 bits per heavy atom. The zero-order valence-electron chi connectivity index (χ0n) is 18.0. The van der Waals surface area contributed by atoms with Crippen LogP contribution in [0.4, 0.5) is 22.7 Å². The summed E-state index contributed by atoms with van der Waals surface area (Å²) in [4.78, 5) is 25.2. The first kappa shape index (κ1) is 22.5. The first-order chi connectivity index (χ1) is 15.8. The number of hydrogen-bond donors (Lipinski definition) is 1. The number of aromatic nitrogens is 2. The van der Waals surface area contributed by atoms with E-state index in [2.05, 4.69) is 25.1 Å². The monoisotopic (exact) mass is 483 g/mol. The number of hydrogen-bond acceptors (Lipinski definition) is 6. The van der Waals surface area contributed by atoms with E-state index in [1.807, 2.05) is 0 Å². The Hall–Kier alpha value is -2.27. The van der Waals surface area contributed by atoms with Crippen LogP contribution in [-0.4, -0.2) is 58.9 Å². The third-order valence-electron chi connectivity index (χ3n) is 7.09. The Morgan fingerprint density at radius 1 is 1.18 bits per heavy atom. The van der Waals surface area contributed by atoms with E-state index < -0.39 is 28.9 Å². The normalized spacial score (nSPS) is 25.4. The Morgan fingerprint density at radius 3 is 2.64 bits per heavy atom. The lowest BCUT2D eigenvalue weighted by Crippen LogP contribution is -2.49. The zero-order chi connectivity index (χ0) is 23.2. The molecule has 2 saturated heterocycles. The molecule has 3 aliphatic rings. The molecule has 1 spiro atoms. The quantitative estimate of drug-likeness (QED) is 0.655. The Labute approximate surface area is 193 Å². The van der Waals surface area contributed by atoms with Crippen molar-refractivity contribution in [2.75, 3.05) is 31.1 Å². The van der Waals surface area contributed by atoms with Crippen LogP contribution in [0.15, 0.2) is 18.5 Å². The fourth-order valence-corrected chi connectivity index (χ4v) is 5.95. The molecule has 2 aliphatic heterocycles. The van der Waals surface area contributed by atoms with E-state index in [4.69, 9.17) is 0 Å². The van der Waals surface area contributed by atoms with Gasteiger partial charge in [0, 0.05) is 38.2 Å². The third kappa shape index (κ3) is 4.44. The minimum absolute atomic E-state index is 0.0309. The van der Waals surface area contributed by atoms with Crippen LogP contribution in [0.3, 0.4) is 0 Å². The third-order valence-corrected chi connectivity index (χ3v) is 8.14. The molecule has 3 fully saturated rings. The average Bonchev–Trinajstić information content (AvgIpc) is 3.13. The summed E-state index contributed by atoms with van der Waals surface area (Å²) in [6, 6.07) is 1.03. The fraction of sp³-hybridized carbons (Fsp3) is 0.591. The summed E-state index contributed by atoms with van der Waals surface area (Å²) in [7, 11) is 0. The molecule has 1 saturated carbocycles. The molecule has 6 nitrogen and oxygen atoms in total. The van der Waals surface area contributed by atoms with Gasteiger partial charge in [-0.15, -0.1) is 0 Å². The number of likely N-dealkylation sites (tertiary alicyclic amines) is 1. The molecule has 1 aliphatic carbocycles. The molecule has 1 amide bonds. The Kier molecular flexibility index (Phi) is 5.80. The van der Waals surface area contributed by atoms with Crippen molar-refractivity contribution in [3.05, 3.63) is 40.7 Å². The van der Waals surface area contributed by atoms with E-state index in [1.54, 1.807) is 0 Å². The molecular weight excluding hydrogens is 458 g/mol. The van der Waals surface area contributed by atoms with Crippen LogP contribution in [-0.2, 0) is 6.54 Å². The molecule has 178 valence electrons. The number of carbonyl (C=O) groups is 1. The Balaban J connectivity index is 1.13. The van der Waals surface area contributed by atoms with E-state index in [0.717, 1.165) is 56.3 Å². The number of rotatable bonds is 5. The van der Waals surface area contributed by atoms with Gasteiger partial charge in [0.25, 0.3) is 11.8 Å². The van der Waals surface area contributed by atoms with Gasteiger partial charge in [-0.05, 0) is 32.2 Å². The zero-order valence-corrected chi connectivity index (χ0v) is 18.8. The van der Waals surface area contributed by atoms with Crippen LogP contribution < -0.4 is 10.2 Å². The van der Waals surface area contributed by atoms with Gasteiger partial charge >= 0.3 is 0 Å².